The summed E-state index contributed by atoms with van der Waals surface area (Å²) in [6, 6.07) is 5.30. The summed E-state index contributed by atoms with van der Waals surface area (Å²) in [4.78, 5) is 40.0. The van der Waals surface area contributed by atoms with Gasteiger partial charge in [-0.25, -0.2) is 9.59 Å². The van der Waals surface area contributed by atoms with Gasteiger partial charge in [0.15, 0.2) is 5.58 Å². The van der Waals surface area contributed by atoms with Crippen LogP contribution in [0.2, 0.25) is 0 Å². The molecule has 0 aliphatic carbocycles. The van der Waals surface area contributed by atoms with E-state index in [0.717, 1.165) is 18.4 Å². The number of hydrogen-bond donors (Lipinski definition) is 1. The van der Waals surface area contributed by atoms with Crippen LogP contribution in [0, 0.1) is 0 Å². The SMILES string of the molecule is CCCNC(=O)N1CCCN(C(=O)Cc2ccc3oc(=O)n(C)c3c2)CC1. The van der Waals surface area contributed by atoms with Crippen molar-refractivity contribution < 1.29 is 14.0 Å². The molecule has 3 amide bonds. The van der Waals surface area contributed by atoms with E-state index in [0.29, 0.717) is 43.8 Å². The zero-order valence-electron chi connectivity index (χ0n) is 15.9. The summed E-state index contributed by atoms with van der Waals surface area (Å²) in [5, 5.41) is 2.88. The second-order valence-electron chi connectivity index (χ2n) is 6.86. The molecule has 0 saturated carbocycles. The minimum absolute atomic E-state index is 0.0265. The number of aryl methyl sites for hydroxylation is 1. The Bertz CT molecular complexity index is 885. The summed E-state index contributed by atoms with van der Waals surface area (Å²) in [6.07, 6.45) is 1.93. The van der Waals surface area contributed by atoms with Crippen LogP contribution in [0.4, 0.5) is 4.79 Å². The van der Waals surface area contributed by atoms with Crippen LogP contribution in [0.25, 0.3) is 11.1 Å². The van der Waals surface area contributed by atoms with Crippen LogP contribution in [-0.2, 0) is 18.3 Å². The minimum atomic E-state index is -0.414. The van der Waals surface area contributed by atoms with Crippen LogP contribution >= 0.6 is 0 Å². The van der Waals surface area contributed by atoms with Gasteiger partial charge in [-0.2, -0.15) is 0 Å². The van der Waals surface area contributed by atoms with Crippen molar-refractivity contribution in [1.29, 1.82) is 0 Å². The molecule has 8 heteroatoms. The summed E-state index contributed by atoms with van der Waals surface area (Å²) in [7, 11) is 1.65. The van der Waals surface area contributed by atoms with Crippen LogP contribution in [0.15, 0.2) is 27.4 Å². The zero-order chi connectivity index (χ0) is 19.4. The third kappa shape index (κ3) is 4.32. The van der Waals surface area contributed by atoms with Crippen molar-refractivity contribution in [3.63, 3.8) is 0 Å². The molecule has 1 fully saturated rings. The molecule has 1 aromatic carbocycles. The van der Waals surface area contributed by atoms with Crippen molar-refractivity contribution >= 4 is 23.0 Å². The van der Waals surface area contributed by atoms with E-state index < -0.39 is 5.76 Å². The molecule has 0 radical (unpaired) electrons. The first-order valence-electron chi connectivity index (χ1n) is 9.38. The van der Waals surface area contributed by atoms with Crippen molar-refractivity contribution in [2.75, 3.05) is 32.7 Å². The summed E-state index contributed by atoms with van der Waals surface area (Å²) in [5.41, 5.74) is 2.04. The summed E-state index contributed by atoms with van der Waals surface area (Å²) < 4.78 is 6.55. The van der Waals surface area contributed by atoms with Gasteiger partial charge in [-0.15, -0.1) is 0 Å². The highest BCUT2D eigenvalue weighted by atomic mass is 16.4. The van der Waals surface area contributed by atoms with Gasteiger partial charge in [0.25, 0.3) is 0 Å². The molecule has 1 aromatic heterocycles. The lowest BCUT2D eigenvalue weighted by atomic mass is 10.1. The number of aromatic nitrogens is 1. The Morgan fingerprint density at radius 2 is 1.89 bits per heavy atom. The van der Waals surface area contributed by atoms with E-state index in [1.165, 1.54) is 4.57 Å². The summed E-state index contributed by atoms with van der Waals surface area (Å²) >= 11 is 0. The first-order valence-corrected chi connectivity index (χ1v) is 9.38. The number of carbonyl (C=O) groups excluding carboxylic acids is 2. The molecule has 2 aromatic rings. The third-order valence-corrected chi connectivity index (χ3v) is 4.87. The van der Waals surface area contributed by atoms with Crippen LogP contribution in [0.3, 0.4) is 0 Å². The molecule has 0 atom stereocenters. The number of rotatable bonds is 4. The molecule has 1 saturated heterocycles. The molecule has 3 rings (SSSR count). The van der Waals surface area contributed by atoms with E-state index in [-0.39, 0.29) is 18.4 Å². The van der Waals surface area contributed by atoms with Crippen LogP contribution in [0.5, 0.6) is 0 Å². The first kappa shape index (κ1) is 19.0. The van der Waals surface area contributed by atoms with E-state index in [9.17, 15) is 14.4 Å². The van der Waals surface area contributed by atoms with Crippen molar-refractivity contribution in [3.8, 4) is 0 Å². The standard InChI is InChI=1S/C19H26N4O4/c1-3-7-20-18(25)23-9-4-8-22(10-11-23)17(24)13-14-5-6-16-15(12-14)21(2)19(26)27-16/h5-6,12H,3-4,7-11,13H2,1-2H3,(H,20,25). The van der Waals surface area contributed by atoms with Gasteiger partial charge in [0.1, 0.15) is 0 Å². The maximum absolute atomic E-state index is 12.7. The van der Waals surface area contributed by atoms with Gasteiger partial charge < -0.3 is 19.5 Å². The van der Waals surface area contributed by atoms with Gasteiger partial charge in [-0.05, 0) is 30.5 Å². The molecule has 8 nitrogen and oxygen atoms in total. The fourth-order valence-corrected chi connectivity index (χ4v) is 3.28. The fourth-order valence-electron chi connectivity index (χ4n) is 3.28. The predicted molar refractivity (Wildman–Crippen MR) is 102 cm³/mol. The normalized spacial score (nSPS) is 15.0. The summed E-state index contributed by atoms with van der Waals surface area (Å²) in [5.74, 6) is -0.388. The van der Waals surface area contributed by atoms with Crippen LogP contribution in [0.1, 0.15) is 25.3 Å². The molecule has 146 valence electrons. The smallest absolute Gasteiger partial charge is 0.408 e. The second kappa shape index (κ2) is 8.28. The number of amides is 3. The van der Waals surface area contributed by atoms with Gasteiger partial charge in [0.05, 0.1) is 11.9 Å². The summed E-state index contributed by atoms with van der Waals surface area (Å²) in [6.45, 7) is 5.05. The van der Waals surface area contributed by atoms with Gasteiger partial charge >= 0.3 is 11.8 Å². The number of carbonyl (C=O) groups is 2. The highest BCUT2D eigenvalue weighted by molar-refractivity contribution is 5.81. The van der Waals surface area contributed by atoms with E-state index >= 15 is 0 Å². The Kier molecular flexibility index (Phi) is 5.83. The van der Waals surface area contributed by atoms with Crippen molar-refractivity contribution in [1.82, 2.24) is 19.7 Å². The molecule has 0 spiro atoms. The van der Waals surface area contributed by atoms with Gasteiger partial charge in [0, 0.05) is 39.8 Å². The number of urea groups is 1. The maximum atomic E-state index is 12.7. The van der Waals surface area contributed by atoms with E-state index in [4.69, 9.17) is 4.42 Å². The van der Waals surface area contributed by atoms with Gasteiger partial charge in [0.2, 0.25) is 5.91 Å². The molecule has 27 heavy (non-hydrogen) atoms. The molecule has 0 unspecified atom stereocenters. The monoisotopic (exact) mass is 374 g/mol. The number of oxazole rings is 1. The second-order valence-corrected chi connectivity index (χ2v) is 6.86. The maximum Gasteiger partial charge on any atom is 0.419 e. The third-order valence-electron chi connectivity index (χ3n) is 4.87. The Morgan fingerprint density at radius 1 is 1.15 bits per heavy atom. The topological polar surface area (TPSA) is 87.8 Å². The van der Waals surface area contributed by atoms with E-state index in [2.05, 4.69) is 5.32 Å². The molecule has 1 N–H and O–H groups in total. The molecule has 0 bridgehead atoms. The molecule has 1 aliphatic rings. The van der Waals surface area contributed by atoms with Crippen molar-refractivity contribution in [2.24, 2.45) is 7.05 Å². The van der Waals surface area contributed by atoms with E-state index in [1.54, 1.807) is 18.0 Å². The van der Waals surface area contributed by atoms with Crippen molar-refractivity contribution in [3.05, 3.63) is 34.3 Å². The number of nitrogens with zero attached hydrogens (tertiary/aromatic N) is 3. The average molecular weight is 374 g/mol. The number of fused-ring (bicyclic) bond motifs is 1. The lowest BCUT2D eigenvalue weighted by molar-refractivity contribution is -0.130. The van der Waals surface area contributed by atoms with Gasteiger partial charge in [-0.3, -0.25) is 9.36 Å². The fraction of sp³-hybridized carbons (Fsp3) is 0.526. The number of benzene rings is 1. The lowest BCUT2D eigenvalue weighted by Crippen LogP contribution is -2.43. The van der Waals surface area contributed by atoms with Crippen LogP contribution in [-0.4, -0.2) is 59.0 Å². The zero-order valence-corrected chi connectivity index (χ0v) is 15.9. The minimum Gasteiger partial charge on any atom is -0.408 e. The highest BCUT2D eigenvalue weighted by Crippen LogP contribution is 2.16. The Hall–Kier alpha value is -2.77. The largest absolute Gasteiger partial charge is 0.419 e. The predicted octanol–water partition coefficient (Wildman–Crippen LogP) is 1.33. The number of nitrogens with one attached hydrogen (secondary N) is 1. The number of hydrogen-bond acceptors (Lipinski definition) is 4. The molecule has 2 heterocycles. The average Bonchev–Trinajstić information content (AvgIpc) is 2.83. The Balaban J connectivity index is 1.62. The van der Waals surface area contributed by atoms with Crippen LogP contribution < -0.4 is 11.1 Å². The first-order chi connectivity index (χ1) is 13.0. The highest BCUT2D eigenvalue weighted by Gasteiger charge is 2.22. The van der Waals surface area contributed by atoms with Gasteiger partial charge in [-0.1, -0.05) is 13.0 Å². The molecular formula is C19H26N4O4. The lowest BCUT2D eigenvalue weighted by Gasteiger charge is -2.22. The molecule has 1 aliphatic heterocycles. The Labute approximate surface area is 157 Å². The van der Waals surface area contributed by atoms with E-state index in [1.807, 2.05) is 24.0 Å². The Morgan fingerprint density at radius 3 is 2.67 bits per heavy atom. The van der Waals surface area contributed by atoms with Crippen molar-refractivity contribution in [2.45, 2.75) is 26.2 Å². The quantitative estimate of drug-likeness (QED) is 0.875. The molecular weight excluding hydrogens is 348 g/mol.